The van der Waals surface area contributed by atoms with Gasteiger partial charge in [-0.2, -0.15) is 0 Å². The van der Waals surface area contributed by atoms with E-state index in [1.54, 1.807) is 24.3 Å². The molecular formula is C21H24N2O4S. The van der Waals surface area contributed by atoms with Gasteiger partial charge in [-0.25, -0.2) is 8.42 Å². The third-order valence-electron chi connectivity index (χ3n) is 5.27. The number of hydrogen-bond donors (Lipinski definition) is 1. The van der Waals surface area contributed by atoms with Crippen molar-refractivity contribution in [2.75, 3.05) is 26.3 Å². The molecule has 2 saturated heterocycles. The van der Waals surface area contributed by atoms with Crippen LogP contribution in [0.2, 0.25) is 0 Å². The first kappa shape index (κ1) is 19.1. The Labute approximate surface area is 165 Å². The number of amides is 1. The number of rotatable bonds is 5. The van der Waals surface area contributed by atoms with Crippen molar-refractivity contribution in [3.8, 4) is 0 Å². The number of hydrogen-bond acceptors (Lipinski definition) is 5. The third kappa shape index (κ3) is 4.27. The molecule has 4 rings (SSSR count). The molecule has 0 radical (unpaired) electrons. The Bertz CT molecular complexity index is 946. The lowest BCUT2D eigenvalue weighted by molar-refractivity contribution is -0.125. The lowest BCUT2D eigenvalue weighted by Crippen LogP contribution is -2.41. The molecule has 2 bridgehead atoms. The van der Waals surface area contributed by atoms with Crippen LogP contribution in [0.15, 0.2) is 59.5 Å². The van der Waals surface area contributed by atoms with Crippen LogP contribution in [0, 0.1) is 5.92 Å². The van der Waals surface area contributed by atoms with E-state index in [1.807, 2.05) is 30.3 Å². The Balaban J connectivity index is 1.54. The molecule has 6 nitrogen and oxygen atoms in total. The average Bonchev–Trinajstić information content (AvgIpc) is 2.92. The highest BCUT2D eigenvalue weighted by Crippen LogP contribution is 2.22. The molecule has 2 atom stereocenters. The Morgan fingerprint density at radius 1 is 0.964 bits per heavy atom. The van der Waals surface area contributed by atoms with Gasteiger partial charge in [-0.3, -0.25) is 9.69 Å². The van der Waals surface area contributed by atoms with E-state index >= 15 is 0 Å². The van der Waals surface area contributed by atoms with Gasteiger partial charge in [0, 0.05) is 19.6 Å². The first-order chi connectivity index (χ1) is 13.5. The van der Waals surface area contributed by atoms with E-state index in [1.165, 1.54) is 0 Å². The quantitative estimate of drug-likeness (QED) is 0.825. The van der Waals surface area contributed by atoms with Crippen LogP contribution in [-0.4, -0.2) is 51.6 Å². The van der Waals surface area contributed by atoms with Crippen molar-refractivity contribution in [2.45, 2.75) is 23.2 Å². The minimum Gasteiger partial charge on any atom is -0.378 e. The number of carbonyl (C=O) groups is 1. The van der Waals surface area contributed by atoms with Gasteiger partial charge >= 0.3 is 0 Å². The lowest BCUT2D eigenvalue weighted by atomic mass is 10.1. The predicted octanol–water partition coefficient (Wildman–Crippen LogP) is 1.61. The fraction of sp³-hybridized carbons (Fsp3) is 0.381. The monoisotopic (exact) mass is 400 g/mol. The molecule has 0 aromatic heterocycles. The molecule has 1 N–H and O–H groups in total. The van der Waals surface area contributed by atoms with E-state index < -0.39 is 9.84 Å². The topological polar surface area (TPSA) is 75.7 Å². The van der Waals surface area contributed by atoms with Gasteiger partial charge in [0.05, 0.1) is 35.8 Å². The first-order valence-corrected chi connectivity index (χ1v) is 11.1. The van der Waals surface area contributed by atoms with Gasteiger partial charge in [-0.1, -0.05) is 42.5 Å². The van der Waals surface area contributed by atoms with Crippen LogP contribution in [0.4, 0.5) is 0 Å². The number of carbonyl (C=O) groups excluding carboxylic acids is 1. The number of benzene rings is 2. The van der Waals surface area contributed by atoms with Crippen molar-refractivity contribution in [3.05, 3.63) is 65.7 Å². The van der Waals surface area contributed by atoms with Gasteiger partial charge in [0.15, 0.2) is 9.84 Å². The minimum atomic E-state index is -3.41. The number of sulfone groups is 1. The van der Waals surface area contributed by atoms with Crippen molar-refractivity contribution in [1.82, 2.24) is 10.2 Å². The normalized spacial score (nSPS) is 23.1. The van der Waals surface area contributed by atoms with E-state index in [2.05, 4.69) is 10.2 Å². The third-order valence-corrected chi connectivity index (χ3v) is 6.95. The summed E-state index contributed by atoms with van der Waals surface area (Å²) in [6, 6.07) is 16.2. The number of ether oxygens (including phenoxy) is 1. The molecule has 0 spiro atoms. The summed E-state index contributed by atoms with van der Waals surface area (Å²) in [6.45, 7) is 2.87. The smallest absolute Gasteiger partial charge is 0.227 e. The molecule has 2 aliphatic rings. The summed E-state index contributed by atoms with van der Waals surface area (Å²) in [5.41, 5.74) is 1.78. The fourth-order valence-electron chi connectivity index (χ4n) is 3.86. The predicted molar refractivity (Wildman–Crippen MR) is 105 cm³/mol. The number of nitrogens with zero attached hydrogens (tertiary/aromatic N) is 1. The average molecular weight is 401 g/mol. The van der Waals surface area contributed by atoms with Gasteiger partial charge in [-0.15, -0.1) is 0 Å². The Kier molecular flexibility index (Phi) is 5.48. The lowest BCUT2D eigenvalue weighted by Gasteiger charge is -2.28. The van der Waals surface area contributed by atoms with Crippen molar-refractivity contribution >= 4 is 15.7 Å². The molecule has 28 heavy (non-hydrogen) atoms. The number of fused-ring (bicyclic) bond motifs is 3. The molecule has 0 aliphatic carbocycles. The highest BCUT2D eigenvalue weighted by atomic mass is 32.2. The Morgan fingerprint density at radius 3 is 2.46 bits per heavy atom. The highest BCUT2D eigenvalue weighted by Gasteiger charge is 2.33. The van der Waals surface area contributed by atoms with Crippen LogP contribution in [-0.2, 0) is 31.7 Å². The van der Waals surface area contributed by atoms with Crippen molar-refractivity contribution < 1.29 is 17.9 Å². The summed E-state index contributed by atoms with van der Waals surface area (Å²) in [4.78, 5) is 14.8. The van der Waals surface area contributed by atoms with Crippen LogP contribution in [0.3, 0.4) is 0 Å². The number of nitrogens with one attached hydrogen (secondary N) is 1. The van der Waals surface area contributed by atoms with E-state index in [0.717, 1.165) is 11.1 Å². The second-order valence-corrected chi connectivity index (χ2v) is 9.46. The highest BCUT2D eigenvalue weighted by molar-refractivity contribution is 7.90. The summed E-state index contributed by atoms with van der Waals surface area (Å²) >= 11 is 0. The molecule has 2 heterocycles. The standard InChI is InChI=1S/C21H24N2O4S/c24-21-18-11-23(12-19(22-21)14-27-13-18)10-16-6-4-5-7-17(16)15-28(25,26)20-8-2-1-3-9-20/h1-9,18-19H,10-15H2,(H,22,24)/t18-,19+/m1/s1. The summed E-state index contributed by atoms with van der Waals surface area (Å²) in [6.07, 6.45) is 0. The Hall–Kier alpha value is -2.22. The van der Waals surface area contributed by atoms with Crippen molar-refractivity contribution in [3.63, 3.8) is 0 Å². The zero-order chi connectivity index (χ0) is 19.6. The summed E-state index contributed by atoms with van der Waals surface area (Å²) in [5.74, 6) is -0.175. The summed E-state index contributed by atoms with van der Waals surface area (Å²) in [5, 5.41) is 3.03. The minimum absolute atomic E-state index is 0.0276. The fourth-order valence-corrected chi connectivity index (χ4v) is 5.29. The molecule has 2 aromatic carbocycles. The van der Waals surface area contributed by atoms with Gasteiger partial charge in [0.25, 0.3) is 0 Å². The first-order valence-electron chi connectivity index (χ1n) is 9.46. The maximum atomic E-state index is 12.8. The maximum absolute atomic E-state index is 12.8. The summed E-state index contributed by atoms with van der Waals surface area (Å²) < 4.78 is 31.2. The molecule has 2 aromatic rings. The van der Waals surface area contributed by atoms with Crippen LogP contribution in [0.1, 0.15) is 11.1 Å². The maximum Gasteiger partial charge on any atom is 0.227 e. The zero-order valence-electron chi connectivity index (χ0n) is 15.6. The molecular weight excluding hydrogens is 376 g/mol. The van der Waals surface area contributed by atoms with Crippen LogP contribution in [0.25, 0.3) is 0 Å². The SMILES string of the molecule is O=C1N[C@@H]2COC[C@H]1CN(Cc1ccccc1CS(=O)(=O)c1ccccc1)C2. The van der Waals surface area contributed by atoms with Gasteiger partial charge < -0.3 is 10.1 Å². The molecule has 2 aliphatic heterocycles. The van der Waals surface area contributed by atoms with E-state index in [4.69, 9.17) is 4.74 Å². The second-order valence-electron chi connectivity index (χ2n) is 7.47. The molecule has 7 heteroatoms. The molecule has 1 amide bonds. The summed E-state index contributed by atoms with van der Waals surface area (Å²) in [7, 11) is -3.41. The zero-order valence-corrected chi connectivity index (χ0v) is 16.4. The molecule has 0 saturated carbocycles. The van der Waals surface area contributed by atoms with Crippen molar-refractivity contribution in [2.24, 2.45) is 5.92 Å². The van der Waals surface area contributed by atoms with Crippen LogP contribution in [0.5, 0.6) is 0 Å². The Morgan fingerprint density at radius 2 is 1.68 bits per heavy atom. The van der Waals surface area contributed by atoms with Gasteiger partial charge in [0.1, 0.15) is 0 Å². The van der Waals surface area contributed by atoms with E-state index in [9.17, 15) is 13.2 Å². The van der Waals surface area contributed by atoms with E-state index in [-0.39, 0.29) is 23.6 Å². The van der Waals surface area contributed by atoms with Crippen LogP contribution >= 0.6 is 0 Å². The van der Waals surface area contributed by atoms with Crippen molar-refractivity contribution in [1.29, 1.82) is 0 Å². The largest absolute Gasteiger partial charge is 0.378 e. The van der Waals surface area contributed by atoms with Crippen LogP contribution < -0.4 is 5.32 Å². The van der Waals surface area contributed by atoms with E-state index in [0.29, 0.717) is 37.7 Å². The second kappa shape index (κ2) is 8.03. The molecule has 148 valence electrons. The molecule has 2 fully saturated rings. The molecule has 0 unspecified atom stereocenters. The van der Waals surface area contributed by atoms with Gasteiger partial charge in [0.2, 0.25) is 5.91 Å². The van der Waals surface area contributed by atoms with Gasteiger partial charge in [-0.05, 0) is 23.3 Å².